The highest BCUT2D eigenvalue weighted by atomic mass is 32.1. The number of imidazole rings is 1. The van der Waals surface area contributed by atoms with Crippen LogP contribution in [0.2, 0.25) is 0 Å². The van der Waals surface area contributed by atoms with Gasteiger partial charge in [0.15, 0.2) is 17.5 Å². The number of hydrogen-bond donors (Lipinski definition) is 3. The van der Waals surface area contributed by atoms with Crippen molar-refractivity contribution in [3.8, 4) is 22.9 Å². The molecule has 3 N–H and O–H groups in total. The zero-order valence-corrected chi connectivity index (χ0v) is 23.2. The maximum Gasteiger partial charge on any atom is 0.329 e. The number of carbonyl (C=O) groups is 3. The number of aromatic hydroxyl groups is 1. The topological polar surface area (TPSA) is 147 Å². The van der Waals surface area contributed by atoms with Gasteiger partial charge >= 0.3 is 5.69 Å². The van der Waals surface area contributed by atoms with Crippen LogP contribution in [0.5, 0.6) is 11.6 Å². The maximum absolute atomic E-state index is 13.6. The quantitative estimate of drug-likeness (QED) is 0.250. The van der Waals surface area contributed by atoms with E-state index in [0.29, 0.717) is 11.3 Å². The summed E-state index contributed by atoms with van der Waals surface area (Å²) >= 11 is 1.09. The van der Waals surface area contributed by atoms with Crippen molar-refractivity contribution in [1.29, 1.82) is 0 Å². The summed E-state index contributed by atoms with van der Waals surface area (Å²) in [5.41, 5.74) is 0.893. The van der Waals surface area contributed by atoms with Gasteiger partial charge in [-0.2, -0.15) is 0 Å². The third-order valence-electron chi connectivity index (χ3n) is 6.35. The van der Waals surface area contributed by atoms with E-state index in [-0.39, 0.29) is 34.8 Å². The fourth-order valence-corrected chi connectivity index (χ4v) is 4.82. The highest BCUT2D eigenvalue weighted by Crippen LogP contribution is 2.35. The van der Waals surface area contributed by atoms with Crippen molar-refractivity contribution in [2.24, 2.45) is 0 Å². The number of Topliss-reactive ketones (excluding diaryl/α,β-unsaturated/α-hetero) is 1. The molecule has 40 heavy (non-hydrogen) atoms. The average Bonchev–Trinajstić information content (AvgIpc) is 3.52. The van der Waals surface area contributed by atoms with E-state index in [1.54, 1.807) is 45.3 Å². The highest BCUT2D eigenvalue weighted by molar-refractivity contribution is 7.14. The van der Waals surface area contributed by atoms with Gasteiger partial charge in [0.1, 0.15) is 23.2 Å². The number of H-pyrrole nitrogens is 1. The molecule has 2 aromatic heterocycles. The number of thiazole rings is 1. The third-order valence-corrected chi connectivity index (χ3v) is 7.11. The first-order valence-corrected chi connectivity index (χ1v) is 13.2. The maximum atomic E-state index is 13.6. The molecule has 2 heterocycles. The number of hydrogen-bond acceptors (Lipinski definition) is 8. The van der Waals surface area contributed by atoms with Gasteiger partial charge in [0.05, 0.1) is 0 Å². The minimum absolute atomic E-state index is 0.118. The Bertz CT molecular complexity index is 1570. The summed E-state index contributed by atoms with van der Waals surface area (Å²) in [5.74, 6) is -1.55. The monoisotopic (exact) mass is 563 g/mol. The molecule has 208 valence electrons. The Balaban J connectivity index is 1.67. The lowest BCUT2D eigenvalue weighted by atomic mass is 9.92. The molecule has 2 amide bonds. The van der Waals surface area contributed by atoms with Gasteiger partial charge in [0, 0.05) is 37.9 Å². The second kappa shape index (κ2) is 12.0. The van der Waals surface area contributed by atoms with Crippen molar-refractivity contribution in [2.75, 3.05) is 26.0 Å². The number of benzene rings is 2. The van der Waals surface area contributed by atoms with Crippen LogP contribution in [0.25, 0.3) is 11.3 Å². The highest BCUT2D eigenvalue weighted by Gasteiger charge is 2.33. The summed E-state index contributed by atoms with van der Waals surface area (Å²) in [6.45, 7) is 3.02. The molecule has 0 aliphatic carbocycles. The van der Waals surface area contributed by atoms with E-state index < -0.39 is 29.4 Å². The molecule has 0 bridgehead atoms. The molecular formula is C28H29N5O6S. The van der Waals surface area contributed by atoms with E-state index >= 15 is 0 Å². The molecule has 0 radical (unpaired) electrons. The second-order valence-corrected chi connectivity index (χ2v) is 10.2. The Hall–Kier alpha value is -4.71. The molecule has 11 nitrogen and oxygen atoms in total. The summed E-state index contributed by atoms with van der Waals surface area (Å²) in [7, 11) is 3.26. The number of aromatic nitrogens is 3. The Morgan fingerprint density at radius 1 is 1.12 bits per heavy atom. The van der Waals surface area contributed by atoms with E-state index in [1.165, 1.54) is 17.2 Å². The molecule has 0 fully saturated rings. The lowest BCUT2D eigenvalue weighted by molar-refractivity contribution is -0.130. The predicted octanol–water partition coefficient (Wildman–Crippen LogP) is 3.66. The van der Waals surface area contributed by atoms with Gasteiger partial charge in [-0.15, -0.1) is 11.3 Å². The number of anilines is 1. The fourth-order valence-electron chi connectivity index (χ4n) is 4.07. The van der Waals surface area contributed by atoms with Gasteiger partial charge in [-0.3, -0.25) is 14.4 Å². The normalized spacial score (nSPS) is 12.4. The molecule has 2 atom stereocenters. The van der Waals surface area contributed by atoms with E-state index in [4.69, 9.17) is 4.74 Å². The van der Waals surface area contributed by atoms with Gasteiger partial charge in [0.25, 0.3) is 5.91 Å². The van der Waals surface area contributed by atoms with Gasteiger partial charge in [-0.25, -0.2) is 14.3 Å². The molecule has 0 aliphatic heterocycles. The Labute approximate surface area is 234 Å². The molecule has 0 aliphatic rings. The van der Waals surface area contributed by atoms with Crippen LogP contribution in [0.1, 0.15) is 41.9 Å². The van der Waals surface area contributed by atoms with Crippen molar-refractivity contribution in [1.82, 2.24) is 19.4 Å². The minimum atomic E-state index is -1.16. The lowest BCUT2D eigenvalue weighted by Crippen LogP contribution is -2.35. The number of likely N-dealkylation sites (N-methyl/N-ethyl adjacent to an activating group) is 1. The van der Waals surface area contributed by atoms with Crippen molar-refractivity contribution in [2.45, 2.75) is 25.8 Å². The molecule has 0 spiro atoms. The van der Waals surface area contributed by atoms with Gasteiger partial charge in [-0.05, 0) is 29.8 Å². The zero-order valence-electron chi connectivity index (χ0n) is 22.4. The van der Waals surface area contributed by atoms with Gasteiger partial charge in [-0.1, -0.05) is 37.3 Å². The average molecular weight is 564 g/mol. The molecule has 12 heteroatoms. The van der Waals surface area contributed by atoms with Gasteiger partial charge in [0.2, 0.25) is 11.8 Å². The predicted molar refractivity (Wildman–Crippen MR) is 151 cm³/mol. The SMILES string of the molecule is CC(=O)c1csc(NC(=O)[C@H]([C@@H](C)c2ccccc2)n2c(O)c(-c3ccc(OCC(=O)N(C)C)cc3)[nH]c2=O)n1. The van der Waals surface area contributed by atoms with Gasteiger partial charge < -0.3 is 25.0 Å². The van der Waals surface area contributed by atoms with Crippen LogP contribution in [0.15, 0.2) is 64.8 Å². The molecule has 4 aromatic rings. The Morgan fingerprint density at radius 3 is 2.40 bits per heavy atom. The first-order chi connectivity index (χ1) is 19.1. The van der Waals surface area contributed by atoms with Crippen molar-refractivity contribution in [3.63, 3.8) is 0 Å². The molecule has 4 rings (SSSR count). The number of aromatic amines is 1. The van der Waals surface area contributed by atoms with Crippen molar-refractivity contribution in [3.05, 3.63) is 81.7 Å². The largest absolute Gasteiger partial charge is 0.493 e. The van der Waals surface area contributed by atoms with E-state index in [1.807, 2.05) is 30.3 Å². The molecule has 0 unspecified atom stereocenters. The summed E-state index contributed by atoms with van der Waals surface area (Å²) in [4.78, 5) is 58.5. The second-order valence-electron chi connectivity index (χ2n) is 9.33. The molecule has 0 saturated carbocycles. The number of ketones is 1. The van der Waals surface area contributed by atoms with Crippen molar-refractivity contribution < 1.29 is 24.2 Å². The summed E-state index contributed by atoms with van der Waals surface area (Å²) in [6, 6.07) is 14.5. The van der Waals surface area contributed by atoms with E-state index in [0.717, 1.165) is 21.5 Å². The smallest absolute Gasteiger partial charge is 0.329 e. The standard InChI is InChI=1S/C28H29N5O6S/c1-16(18-8-6-5-7-9-18)24(25(36)31-27-29-21(15-40-27)17(2)34)33-26(37)23(30-28(33)38)19-10-12-20(13-11-19)39-14-22(35)32(3)4/h5-13,15-16,24,37H,14H2,1-4H3,(H,30,38)(H,29,31,36)/t16-,24-/m0/s1. The van der Waals surface area contributed by atoms with E-state index in [2.05, 4.69) is 15.3 Å². The third kappa shape index (κ3) is 6.12. The fraction of sp³-hybridized carbons (Fsp3) is 0.250. The Kier molecular flexibility index (Phi) is 8.49. The first-order valence-electron chi connectivity index (χ1n) is 12.4. The summed E-state index contributed by atoms with van der Waals surface area (Å²) < 4.78 is 6.51. The summed E-state index contributed by atoms with van der Waals surface area (Å²) in [5, 5.41) is 15.7. The number of nitrogens with one attached hydrogen (secondary N) is 2. The van der Waals surface area contributed by atoms with Crippen LogP contribution in [0, 0.1) is 0 Å². The number of carbonyl (C=O) groups excluding carboxylic acids is 3. The van der Waals surface area contributed by atoms with Crippen LogP contribution in [0.4, 0.5) is 5.13 Å². The molecule has 0 saturated heterocycles. The first kappa shape index (κ1) is 28.3. The molecular weight excluding hydrogens is 534 g/mol. The number of rotatable bonds is 10. The Morgan fingerprint density at radius 2 is 1.80 bits per heavy atom. The number of ether oxygens (including phenoxy) is 1. The lowest BCUT2D eigenvalue weighted by Gasteiger charge is -2.24. The van der Waals surface area contributed by atoms with Crippen LogP contribution in [-0.4, -0.2) is 62.8 Å². The van der Waals surface area contributed by atoms with Crippen molar-refractivity contribution >= 4 is 34.1 Å². The molecule has 2 aromatic carbocycles. The van der Waals surface area contributed by atoms with Crippen LogP contribution < -0.4 is 15.7 Å². The van der Waals surface area contributed by atoms with E-state index in [9.17, 15) is 24.3 Å². The zero-order chi connectivity index (χ0) is 29.0. The van der Waals surface area contributed by atoms with Crippen LogP contribution in [-0.2, 0) is 9.59 Å². The van der Waals surface area contributed by atoms with Crippen LogP contribution >= 0.6 is 11.3 Å². The number of amides is 2. The summed E-state index contributed by atoms with van der Waals surface area (Å²) in [6.07, 6.45) is 0. The minimum Gasteiger partial charge on any atom is -0.493 e. The number of nitrogens with zero attached hydrogens (tertiary/aromatic N) is 3. The van der Waals surface area contributed by atoms with Crippen LogP contribution in [0.3, 0.4) is 0 Å².